The third-order valence-corrected chi connectivity index (χ3v) is 2.81. The van der Waals surface area contributed by atoms with Crippen LogP contribution in [0.1, 0.15) is 19.4 Å². The Morgan fingerprint density at radius 2 is 2.05 bits per heavy atom. The Labute approximate surface area is 126 Å². The van der Waals surface area contributed by atoms with E-state index in [1.165, 1.54) is 0 Å². The van der Waals surface area contributed by atoms with Crippen molar-refractivity contribution in [1.29, 1.82) is 5.26 Å². The first-order valence-electron chi connectivity index (χ1n) is 7.08. The van der Waals surface area contributed by atoms with Gasteiger partial charge < -0.3 is 10.1 Å². The Morgan fingerprint density at radius 1 is 1.38 bits per heavy atom. The Bertz CT molecular complexity index is 477. The lowest BCUT2D eigenvalue weighted by Gasteiger charge is -2.17. The fraction of sp³-hybridized carbons (Fsp3) is 0.500. The third kappa shape index (κ3) is 7.33. The minimum absolute atomic E-state index is 0.0216. The molecule has 0 aliphatic carbocycles. The van der Waals surface area contributed by atoms with Crippen molar-refractivity contribution in [2.45, 2.75) is 26.3 Å². The number of likely N-dealkylation sites (N-methyl/N-ethyl adjacent to an activating group) is 1. The highest BCUT2D eigenvalue weighted by Crippen LogP contribution is 2.12. The quantitative estimate of drug-likeness (QED) is 0.789. The number of nitrogens with zero attached hydrogens (tertiary/aromatic N) is 2. The largest absolute Gasteiger partial charge is 0.492 e. The van der Waals surface area contributed by atoms with Crippen LogP contribution in [0.3, 0.4) is 0 Å². The lowest BCUT2D eigenvalue weighted by atomic mass is 10.2. The van der Waals surface area contributed by atoms with Gasteiger partial charge in [0.15, 0.2) is 0 Å². The zero-order valence-corrected chi connectivity index (χ0v) is 12.9. The highest BCUT2D eigenvalue weighted by molar-refractivity contribution is 5.78. The minimum Gasteiger partial charge on any atom is -0.492 e. The van der Waals surface area contributed by atoms with Crippen molar-refractivity contribution in [2.24, 2.45) is 0 Å². The molecule has 0 aromatic heterocycles. The first-order valence-corrected chi connectivity index (χ1v) is 7.08. The van der Waals surface area contributed by atoms with E-state index in [0.717, 1.165) is 11.3 Å². The number of nitriles is 1. The van der Waals surface area contributed by atoms with E-state index < -0.39 is 0 Å². The predicted octanol–water partition coefficient (Wildman–Crippen LogP) is 1.59. The highest BCUT2D eigenvalue weighted by Gasteiger charge is 2.07. The van der Waals surface area contributed by atoms with Crippen molar-refractivity contribution >= 4 is 5.91 Å². The van der Waals surface area contributed by atoms with Crippen molar-refractivity contribution in [2.75, 3.05) is 26.7 Å². The van der Waals surface area contributed by atoms with Crippen LogP contribution in [-0.2, 0) is 11.2 Å². The number of benzene rings is 1. The Kier molecular flexibility index (Phi) is 7.27. The normalized spacial score (nSPS) is 10.5. The molecule has 1 aromatic rings. The maximum atomic E-state index is 11.6. The van der Waals surface area contributed by atoms with Crippen LogP contribution >= 0.6 is 0 Å². The van der Waals surface area contributed by atoms with Crippen LogP contribution < -0.4 is 10.1 Å². The summed E-state index contributed by atoms with van der Waals surface area (Å²) in [5, 5.41) is 11.5. The molecule has 0 atom stereocenters. The molecule has 0 bridgehead atoms. The molecule has 0 heterocycles. The molecule has 0 fully saturated rings. The SMILES string of the molecule is CC(C)NC(=O)CN(C)CCOc1ccc(CC#N)cc1. The van der Waals surface area contributed by atoms with Gasteiger partial charge in [-0.15, -0.1) is 0 Å². The summed E-state index contributed by atoms with van der Waals surface area (Å²) in [6.45, 7) is 5.44. The van der Waals surface area contributed by atoms with E-state index in [1.54, 1.807) is 0 Å². The zero-order valence-electron chi connectivity index (χ0n) is 12.9. The molecule has 1 amide bonds. The fourth-order valence-corrected chi connectivity index (χ4v) is 1.81. The summed E-state index contributed by atoms with van der Waals surface area (Å²) in [6.07, 6.45) is 0.411. The summed E-state index contributed by atoms with van der Waals surface area (Å²) >= 11 is 0. The molecule has 0 aliphatic heterocycles. The molecule has 1 rings (SSSR count). The Morgan fingerprint density at radius 3 is 2.62 bits per heavy atom. The maximum Gasteiger partial charge on any atom is 0.234 e. The van der Waals surface area contributed by atoms with Crippen molar-refractivity contribution in [3.8, 4) is 11.8 Å². The van der Waals surface area contributed by atoms with Gasteiger partial charge in [-0.2, -0.15) is 5.26 Å². The van der Waals surface area contributed by atoms with Gasteiger partial charge in [0.2, 0.25) is 5.91 Å². The molecule has 0 saturated heterocycles. The average molecular weight is 289 g/mol. The van der Waals surface area contributed by atoms with Gasteiger partial charge in [0.1, 0.15) is 12.4 Å². The van der Waals surface area contributed by atoms with Crippen molar-refractivity contribution in [3.63, 3.8) is 0 Å². The number of carbonyl (C=O) groups is 1. The van der Waals surface area contributed by atoms with E-state index in [-0.39, 0.29) is 11.9 Å². The number of hydrogen-bond acceptors (Lipinski definition) is 4. The standard InChI is InChI=1S/C16H23N3O2/c1-13(2)18-16(20)12-19(3)10-11-21-15-6-4-14(5-7-15)8-9-17/h4-7,13H,8,10-12H2,1-3H3,(H,18,20). The van der Waals surface area contributed by atoms with Crippen LogP contribution in [0.4, 0.5) is 0 Å². The van der Waals surface area contributed by atoms with E-state index in [9.17, 15) is 4.79 Å². The van der Waals surface area contributed by atoms with Crippen LogP contribution in [-0.4, -0.2) is 43.6 Å². The van der Waals surface area contributed by atoms with Crippen LogP contribution in [0.5, 0.6) is 5.75 Å². The number of rotatable bonds is 8. The second kappa shape index (κ2) is 8.98. The number of hydrogen-bond donors (Lipinski definition) is 1. The summed E-state index contributed by atoms with van der Waals surface area (Å²) in [5.74, 6) is 0.796. The molecule has 0 saturated carbocycles. The summed E-state index contributed by atoms with van der Waals surface area (Å²) in [4.78, 5) is 13.5. The molecule has 0 spiro atoms. The molecular weight excluding hydrogens is 266 g/mol. The smallest absolute Gasteiger partial charge is 0.234 e. The van der Waals surface area contributed by atoms with E-state index >= 15 is 0 Å². The Hall–Kier alpha value is -2.06. The van der Waals surface area contributed by atoms with Gasteiger partial charge in [0.25, 0.3) is 0 Å². The second-order valence-electron chi connectivity index (χ2n) is 5.29. The molecule has 1 aromatic carbocycles. The zero-order chi connectivity index (χ0) is 15.7. The topological polar surface area (TPSA) is 65.4 Å². The summed E-state index contributed by atoms with van der Waals surface area (Å²) < 4.78 is 5.62. The molecule has 0 unspecified atom stereocenters. The second-order valence-corrected chi connectivity index (χ2v) is 5.29. The van der Waals surface area contributed by atoms with Crippen molar-refractivity contribution in [1.82, 2.24) is 10.2 Å². The lowest BCUT2D eigenvalue weighted by Crippen LogP contribution is -2.39. The molecular formula is C16H23N3O2. The monoisotopic (exact) mass is 289 g/mol. The van der Waals surface area contributed by atoms with E-state index in [2.05, 4.69) is 11.4 Å². The molecule has 1 N–H and O–H groups in total. The molecule has 0 aliphatic rings. The molecule has 5 heteroatoms. The van der Waals surface area contributed by atoms with Gasteiger partial charge in [-0.05, 0) is 38.6 Å². The molecule has 0 radical (unpaired) electrons. The minimum atomic E-state index is 0.0216. The molecule has 114 valence electrons. The van der Waals surface area contributed by atoms with Gasteiger partial charge in [0, 0.05) is 12.6 Å². The highest BCUT2D eigenvalue weighted by atomic mass is 16.5. The first kappa shape index (κ1) is 17.0. The van der Waals surface area contributed by atoms with Gasteiger partial charge >= 0.3 is 0 Å². The van der Waals surface area contributed by atoms with E-state index in [1.807, 2.05) is 50.1 Å². The van der Waals surface area contributed by atoms with Crippen LogP contribution in [0.15, 0.2) is 24.3 Å². The Balaban J connectivity index is 2.26. The third-order valence-electron chi connectivity index (χ3n) is 2.81. The van der Waals surface area contributed by atoms with Gasteiger partial charge in [-0.25, -0.2) is 0 Å². The van der Waals surface area contributed by atoms with E-state index in [0.29, 0.717) is 26.1 Å². The summed E-state index contributed by atoms with van der Waals surface area (Å²) in [5.41, 5.74) is 0.979. The number of carbonyl (C=O) groups excluding carboxylic acids is 1. The van der Waals surface area contributed by atoms with E-state index in [4.69, 9.17) is 10.00 Å². The number of nitrogens with one attached hydrogen (secondary N) is 1. The maximum absolute atomic E-state index is 11.6. The first-order chi connectivity index (χ1) is 10.0. The number of amides is 1. The fourth-order valence-electron chi connectivity index (χ4n) is 1.81. The van der Waals surface area contributed by atoms with Crippen LogP contribution in [0, 0.1) is 11.3 Å². The van der Waals surface area contributed by atoms with Gasteiger partial charge in [-0.1, -0.05) is 12.1 Å². The van der Waals surface area contributed by atoms with Crippen LogP contribution in [0.25, 0.3) is 0 Å². The van der Waals surface area contributed by atoms with Crippen molar-refractivity contribution < 1.29 is 9.53 Å². The number of ether oxygens (including phenoxy) is 1. The van der Waals surface area contributed by atoms with Crippen LogP contribution in [0.2, 0.25) is 0 Å². The lowest BCUT2D eigenvalue weighted by molar-refractivity contribution is -0.122. The average Bonchev–Trinajstić information content (AvgIpc) is 2.40. The predicted molar refractivity (Wildman–Crippen MR) is 82.0 cm³/mol. The summed E-state index contributed by atoms with van der Waals surface area (Å²) in [6, 6.07) is 9.76. The van der Waals surface area contributed by atoms with Gasteiger partial charge in [0.05, 0.1) is 19.0 Å². The summed E-state index contributed by atoms with van der Waals surface area (Å²) in [7, 11) is 1.89. The van der Waals surface area contributed by atoms with Gasteiger partial charge in [-0.3, -0.25) is 9.69 Å². The van der Waals surface area contributed by atoms with Crippen molar-refractivity contribution in [3.05, 3.63) is 29.8 Å². The molecule has 21 heavy (non-hydrogen) atoms. The molecule has 5 nitrogen and oxygen atoms in total.